The molecule has 2 N–H and O–H groups in total. The van der Waals surface area contributed by atoms with Crippen LogP contribution in [0.1, 0.15) is 32.4 Å². The molecule has 0 aliphatic carbocycles. The van der Waals surface area contributed by atoms with Crippen molar-refractivity contribution in [3.63, 3.8) is 0 Å². The molecule has 1 atom stereocenters. The number of benzene rings is 1. The Kier molecular flexibility index (Phi) is 6.81. The van der Waals surface area contributed by atoms with Crippen molar-refractivity contribution in [3.05, 3.63) is 48.2 Å². The highest BCUT2D eigenvalue weighted by Gasteiger charge is 2.14. The number of anilines is 1. The Labute approximate surface area is 143 Å². The lowest BCUT2D eigenvalue weighted by molar-refractivity contribution is 0.124. The van der Waals surface area contributed by atoms with Crippen molar-refractivity contribution in [3.8, 4) is 0 Å². The van der Waals surface area contributed by atoms with Crippen molar-refractivity contribution in [1.82, 2.24) is 15.1 Å². The van der Waals surface area contributed by atoms with Crippen molar-refractivity contribution >= 4 is 11.8 Å². The van der Waals surface area contributed by atoms with E-state index < -0.39 is 0 Å². The average Bonchev–Trinajstić information content (AvgIpc) is 3.02. The molecule has 6 heteroatoms. The summed E-state index contributed by atoms with van der Waals surface area (Å²) in [6.45, 7) is 7.79. The maximum Gasteiger partial charge on any atom is 0.320 e. The van der Waals surface area contributed by atoms with E-state index in [-0.39, 0.29) is 12.1 Å². The van der Waals surface area contributed by atoms with Crippen LogP contribution in [0.15, 0.2) is 42.6 Å². The summed E-state index contributed by atoms with van der Waals surface area (Å²) in [5.74, 6) is 1.12. The predicted molar refractivity (Wildman–Crippen MR) is 94.9 cm³/mol. The van der Waals surface area contributed by atoms with Crippen molar-refractivity contribution in [2.24, 2.45) is 5.92 Å². The van der Waals surface area contributed by atoms with E-state index in [1.54, 1.807) is 12.3 Å². The van der Waals surface area contributed by atoms with Gasteiger partial charge in [0.1, 0.15) is 5.82 Å². The zero-order valence-corrected chi connectivity index (χ0v) is 14.5. The summed E-state index contributed by atoms with van der Waals surface area (Å²) in [5.41, 5.74) is 1.12. The Morgan fingerprint density at radius 1 is 1.21 bits per heavy atom. The first-order valence-corrected chi connectivity index (χ1v) is 8.28. The quantitative estimate of drug-likeness (QED) is 0.729. The molecule has 6 nitrogen and oxygen atoms in total. The van der Waals surface area contributed by atoms with Crippen LogP contribution in [-0.2, 0) is 11.3 Å². The number of ether oxygens (including phenoxy) is 1. The van der Waals surface area contributed by atoms with Crippen LogP contribution in [0.5, 0.6) is 0 Å². The molecule has 0 saturated carbocycles. The number of urea groups is 1. The number of carbonyl (C=O) groups excluding carboxylic acids is 1. The van der Waals surface area contributed by atoms with E-state index in [2.05, 4.69) is 36.5 Å². The van der Waals surface area contributed by atoms with Gasteiger partial charge in [-0.15, -0.1) is 0 Å². The molecule has 2 rings (SSSR count). The van der Waals surface area contributed by atoms with Crippen LogP contribution < -0.4 is 10.6 Å². The third-order valence-electron chi connectivity index (χ3n) is 3.91. The van der Waals surface area contributed by atoms with Gasteiger partial charge in [-0.25, -0.2) is 9.48 Å². The Hall–Kier alpha value is -2.34. The molecule has 0 radical (unpaired) electrons. The maximum absolute atomic E-state index is 12.0. The van der Waals surface area contributed by atoms with E-state index >= 15 is 0 Å². The molecular formula is C18H26N4O2. The SMILES string of the molecule is CC(C)[C@H](C)n1nccc1NC(=O)NCCOCc1ccccc1. The molecule has 2 amide bonds. The van der Waals surface area contributed by atoms with E-state index in [4.69, 9.17) is 4.74 Å². The number of aromatic nitrogens is 2. The first-order chi connectivity index (χ1) is 11.6. The maximum atomic E-state index is 12.0. The van der Waals surface area contributed by atoms with Crippen LogP contribution in [0.2, 0.25) is 0 Å². The zero-order valence-electron chi connectivity index (χ0n) is 14.5. The molecule has 2 aromatic rings. The second-order valence-electron chi connectivity index (χ2n) is 6.06. The number of carbonyl (C=O) groups is 1. The van der Waals surface area contributed by atoms with E-state index in [9.17, 15) is 4.79 Å². The van der Waals surface area contributed by atoms with Gasteiger partial charge in [-0.3, -0.25) is 5.32 Å². The number of amides is 2. The number of hydrogen-bond acceptors (Lipinski definition) is 3. The lowest BCUT2D eigenvalue weighted by Crippen LogP contribution is -2.32. The summed E-state index contributed by atoms with van der Waals surface area (Å²) in [4.78, 5) is 12.0. The molecule has 0 fully saturated rings. The van der Waals surface area contributed by atoms with Crippen LogP contribution >= 0.6 is 0 Å². The minimum Gasteiger partial charge on any atom is -0.375 e. The zero-order chi connectivity index (χ0) is 17.4. The van der Waals surface area contributed by atoms with Crippen LogP contribution in [0.4, 0.5) is 10.6 Å². The molecule has 24 heavy (non-hydrogen) atoms. The Balaban J connectivity index is 1.69. The van der Waals surface area contributed by atoms with E-state index in [1.807, 2.05) is 35.0 Å². The van der Waals surface area contributed by atoms with Gasteiger partial charge in [-0.2, -0.15) is 5.10 Å². The van der Waals surface area contributed by atoms with E-state index in [1.165, 1.54) is 0 Å². The number of nitrogens with zero attached hydrogens (tertiary/aromatic N) is 2. The van der Waals surface area contributed by atoms with Gasteiger partial charge in [0.05, 0.1) is 25.5 Å². The first-order valence-electron chi connectivity index (χ1n) is 8.28. The van der Waals surface area contributed by atoms with Gasteiger partial charge >= 0.3 is 6.03 Å². The minimum atomic E-state index is -0.254. The Morgan fingerprint density at radius 2 is 1.96 bits per heavy atom. The fourth-order valence-corrected chi connectivity index (χ4v) is 2.18. The molecular weight excluding hydrogens is 304 g/mol. The fraction of sp³-hybridized carbons (Fsp3) is 0.444. The highest BCUT2D eigenvalue weighted by Crippen LogP contribution is 2.20. The normalized spacial score (nSPS) is 12.2. The van der Waals surface area contributed by atoms with Crippen molar-refractivity contribution in [2.75, 3.05) is 18.5 Å². The van der Waals surface area contributed by atoms with Gasteiger partial charge in [0.25, 0.3) is 0 Å². The molecule has 0 aliphatic heterocycles. The van der Waals surface area contributed by atoms with Crippen molar-refractivity contribution < 1.29 is 9.53 Å². The van der Waals surface area contributed by atoms with Crippen LogP contribution in [0.3, 0.4) is 0 Å². The van der Waals surface area contributed by atoms with Gasteiger partial charge in [0, 0.05) is 12.6 Å². The second kappa shape index (κ2) is 9.08. The highest BCUT2D eigenvalue weighted by molar-refractivity contribution is 5.88. The molecule has 0 saturated heterocycles. The summed E-state index contributed by atoms with van der Waals surface area (Å²) in [5, 5.41) is 9.90. The predicted octanol–water partition coefficient (Wildman–Crippen LogP) is 3.44. The summed E-state index contributed by atoms with van der Waals surface area (Å²) in [6, 6.07) is 11.7. The smallest absolute Gasteiger partial charge is 0.320 e. The summed E-state index contributed by atoms with van der Waals surface area (Å²) in [7, 11) is 0. The van der Waals surface area contributed by atoms with Crippen molar-refractivity contribution in [1.29, 1.82) is 0 Å². The molecule has 0 bridgehead atoms. The Bertz CT molecular complexity index is 625. The molecule has 1 heterocycles. The molecule has 0 unspecified atom stereocenters. The highest BCUT2D eigenvalue weighted by atomic mass is 16.5. The lowest BCUT2D eigenvalue weighted by atomic mass is 10.1. The molecule has 130 valence electrons. The third kappa shape index (κ3) is 5.38. The lowest BCUT2D eigenvalue weighted by Gasteiger charge is -2.19. The molecule has 0 aliphatic rings. The molecule has 1 aromatic carbocycles. The van der Waals surface area contributed by atoms with E-state index in [0.717, 1.165) is 5.56 Å². The van der Waals surface area contributed by atoms with Crippen LogP contribution in [0, 0.1) is 5.92 Å². The topological polar surface area (TPSA) is 68.2 Å². The van der Waals surface area contributed by atoms with Gasteiger partial charge in [0.15, 0.2) is 0 Å². The number of rotatable bonds is 8. The van der Waals surface area contributed by atoms with Crippen LogP contribution in [0.25, 0.3) is 0 Å². The number of hydrogen-bond donors (Lipinski definition) is 2. The summed E-state index contributed by atoms with van der Waals surface area (Å²) in [6.07, 6.45) is 1.69. The van der Waals surface area contributed by atoms with Crippen molar-refractivity contribution in [2.45, 2.75) is 33.4 Å². The average molecular weight is 330 g/mol. The minimum absolute atomic E-state index is 0.213. The first kappa shape index (κ1) is 18.0. The van der Waals surface area contributed by atoms with Crippen LogP contribution in [-0.4, -0.2) is 29.0 Å². The fourth-order valence-electron chi connectivity index (χ4n) is 2.18. The standard InChI is InChI=1S/C18H26N4O2/c1-14(2)15(3)22-17(9-10-20-22)21-18(23)19-11-12-24-13-16-7-5-4-6-8-16/h4-10,14-15H,11-13H2,1-3H3,(H2,19,21,23)/t15-/m0/s1. The Morgan fingerprint density at radius 3 is 2.67 bits per heavy atom. The van der Waals surface area contributed by atoms with Gasteiger partial charge < -0.3 is 10.1 Å². The van der Waals surface area contributed by atoms with Gasteiger partial charge in [-0.05, 0) is 18.4 Å². The molecule has 0 spiro atoms. The summed E-state index contributed by atoms with van der Waals surface area (Å²) < 4.78 is 7.37. The van der Waals surface area contributed by atoms with Gasteiger partial charge in [0.2, 0.25) is 0 Å². The van der Waals surface area contributed by atoms with Gasteiger partial charge in [-0.1, -0.05) is 44.2 Å². The molecule has 1 aromatic heterocycles. The second-order valence-corrected chi connectivity index (χ2v) is 6.06. The van der Waals surface area contributed by atoms with E-state index in [0.29, 0.717) is 31.5 Å². The third-order valence-corrected chi connectivity index (χ3v) is 3.91. The summed E-state index contributed by atoms with van der Waals surface area (Å²) >= 11 is 0. The largest absolute Gasteiger partial charge is 0.375 e. The number of nitrogens with one attached hydrogen (secondary N) is 2. The monoisotopic (exact) mass is 330 g/mol.